The molecule has 2 N–H and O–H groups in total. The van der Waals surface area contributed by atoms with Gasteiger partial charge in [0.15, 0.2) is 0 Å². The Morgan fingerprint density at radius 2 is 2.11 bits per heavy atom. The lowest BCUT2D eigenvalue weighted by Gasteiger charge is -2.29. The fourth-order valence-corrected chi connectivity index (χ4v) is 3.64. The van der Waals surface area contributed by atoms with Crippen LogP contribution in [0.2, 0.25) is 0 Å². The highest BCUT2D eigenvalue weighted by Crippen LogP contribution is 2.31. The van der Waals surface area contributed by atoms with Gasteiger partial charge in [-0.3, -0.25) is 9.59 Å². The highest BCUT2D eigenvalue weighted by Gasteiger charge is 2.36. The van der Waals surface area contributed by atoms with Gasteiger partial charge in [-0.2, -0.15) is 0 Å². The van der Waals surface area contributed by atoms with E-state index in [0.29, 0.717) is 18.1 Å². The van der Waals surface area contributed by atoms with Crippen molar-refractivity contribution < 1.29 is 24.2 Å². The molecular weight excluding hydrogens is 350 g/mol. The van der Waals surface area contributed by atoms with Gasteiger partial charge in [-0.05, 0) is 24.5 Å². The summed E-state index contributed by atoms with van der Waals surface area (Å²) in [6.45, 7) is 0.269. The highest BCUT2D eigenvalue weighted by molar-refractivity contribution is 6.00. The number of hydrogen-bond donors (Lipinski definition) is 2. The van der Waals surface area contributed by atoms with Gasteiger partial charge in [0.05, 0.1) is 19.2 Å². The predicted molar refractivity (Wildman–Crippen MR) is 97.0 cm³/mol. The minimum absolute atomic E-state index is 0.0409. The second-order valence-corrected chi connectivity index (χ2v) is 6.91. The second-order valence-electron chi connectivity index (χ2n) is 6.91. The number of anilines is 1. The fraction of sp³-hybridized carbons (Fsp3) is 0.474. The minimum atomic E-state index is -1.08. The average molecular weight is 373 g/mol. The van der Waals surface area contributed by atoms with Gasteiger partial charge in [0.1, 0.15) is 17.6 Å². The van der Waals surface area contributed by atoms with Crippen LogP contribution in [0.4, 0.5) is 5.82 Å². The average Bonchev–Trinajstić information content (AvgIpc) is 3.29. The maximum Gasteiger partial charge on any atom is 0.337 e. The molecule has 1 saturated carbocycles. The number of aromatic carboxylic acids is 1. The van der Waals surface area contributed by atoms with Gasteiger partial charge in [0.2, 0.25) is 5.91 Å². The minimum Gasteiger partial charge on any atom is -0.499 e. The van der Waals surface area contributed by atoms with E-state index < -0.39 is 12.0 Å². The maximum atomic E-state index is 12.9. The molecule has 1 aliphatic carbocycles. The molecule has 2 amide bonds. The van der Waals surface area contributed by atoms with Crippen LogP contribution in [0.25, 0.3) is 0 Å². The molecule has 27 heavy (non-hydrogen) atoms. The Balaban J connectivity index is 1.73. The summed E-state index contributed by atoms with van der Waals surface area (Å²) >= 11 is 0. The van der Waals surface area contributed by atoms with Gasteiger partial charge >= 0.3 is 5.97 Å². The number of ether oxygens (including phenoxy) is 1. The van der Waals surface area contributed by atoms with E-state index >= 15 is 0 Å². The van der Waals surface area contributed by atoms with Gasteiger partial charge < -0.3 is 20.1 Å². The number of nitrogens with zero attached hydrogens (tertiary/aromatic N) is 2. The first kappa shape index (κ1) is 18.9. The molecule has 0 radical (unpaired) electrons. The number of rotatable bonds is 7. The summed E-state index contributed by atoms with van der Waals surface area (Å²) in [6, 6.07) is 2.20. The van der Waals surface area contributed by atoms with Crippen molar-refractivity contribution in [1.82, 2.24) is 9.88 Å². The number of aromatic nitrogens is 1. The van der Waals surface area contributed by atoms with Crippen molar-refractivity contribution in [2.24, 2.45) is 5.92 Å². The van der Waals surface area contributed by atoms with E-state index in [-0.39, 0.29) is 29.7 Å². The lowest BCUT2D eigenvalue weighted by atomic mass is 9.96. The lowest BCUT2D eigenvalue weighted by molar-refractivity contribution is -0.134. The highest BCUT2D eigenvalue weighted by atomic mass is 16.5. The van der Waals surface area contributed by atoms with Crippen molar-refractivity contribution >= 4 is 23.6 Å². The number of hydrogen-bond acceptors (Lipinski definition) is 5. The number of pyridine rings is 1. The maximum absolute atomic E-state index is 12.9. The molecule has 144 valence electrons. The molecular formula is C19H23N3O5. The molecule has 3 rings (SSSR count). The van der Waals surface area contributed by atoms with Crippen molar-refractivity contribution in [1.29, 1.82) is 0 Å². The summed E-state index contributed by atoms with van der Waals surface area (Å²) in [5.74, 6) is -0.445. The Kier molecular flexibility index (Phi) is 5.73. The molecule has 1 aliphatic heterocycles. The number of carboxylic acids is 1. The molecule has 2 aliphatic rings. The Hall–Kier alpha value is -2.90. The third-order valence-corrected chi connectivity index (χ3v) is 5.13. The molecule has 1 atom stereocenters. The number of carboxylic acid groups (broad SMARTS) is 1. The summed E-state index contributed by atoms with van der Waals surface area (Å²) in [7, 11) is 1.50. The first-order chi connectivity index (χ1) is 13.0. The number of methoxy groups -OCH3 is 1. The topological polar surface area (TPSA) is 109 Å². The molecule has 1 aromatic heterocycles. The monoisotopic (exact) mass is 373 g/mol. The Morgan fingerprint density at radius 1 is 1.37 bits per heavy atom. The molecule has 8 heteroatoms. The zero-order valence-corrected chi connectivity index (χ0v) is 15.2. The number of carbonyl (C=O) groups is 3. The predicted octanol–water partition coefficient (Wildman–Crippen LogP) is 2.04. The van der Waals surface area contributed by atoms with E-state index in [0.717, 1.165) is 25.7 Å². The molecule has 2 heterocycles. The van der Waals surface area contributed by atoms with Crippen LogP contribution in [0.15, 0.2) is 30.2 Å². The summed E-state index contributed by atoms with van der Waals surface area (Å²) in [5.41, 5.74) is 0.0409. The zero-order valence-electron chi connectivity index (χ0n) is 15.2. The van der Waals surface area contributed by atoms with Crippen LogP contribution in [0.5, 0.6) is 0 Å². The van der Waals surface area contributed by atoms with Crippen LogP contribution in [0.1, 0.15) is 42.5 Å². The summed E-state index contributed by atoms with van der Waals surface area (Å²) in [6.07, 6.45) is 7.60. The Morgan fingerprint density at radius 3 is 2.67 bits per heavy atom. The van der Waals surface area contributed by atoms with E-state index in [1.165, 1.54) is 36.4 Å². The normalized spacial score (nSPS) is 18.3. The quantitative estimate of drug-likeness (QED) is 0.757. The van der Waals surface area contributed by atoms with Crippen molar-refractivity contribution in [3.8, 4) is 0 Å². The molecule has 0 aromatic carbocycles. The molecule has 0 saturated heterocycles. The van der Waals surface area contributed by atoms with E-state index in [2.05, 4.69) is 10.3 Å². The summed E-state index contributed by atoms with van der Waals surface area (Å²) in [5, 5.41) is 11.6. The van der Waals surface area contributed by atoms with Crippen molar-refractivity contribution in [3.05, 3.63) is 35.7 Å². The first-order valence-corrected chi connectivity index (χ1v) is 9.03. The number of amides is 2. The van der Waals surface area contributed by atoms with Gasteiger partial charge in [-0.15, -0.1) is 0 Å². The second kappa shape index (κ2) is 8.20. The molecule has 1 aromatic rings. The van der Waals surface area contributed by atoms with Crippen molar-refractivity contribution in [2.45, 2.75) is 38.1 Å². The molecule has 1 fully saturated rings. The fourth-order valence-electron chi connectivity index (χ4n) is 3.64. The standard InChI is InChI=1S/C19H23N3O5/c1-27-14-9-17(23)22(11-14)15(8-12-4-2-3-5-12)18(24)21-16-7-6-13(10-20-16)19(25)26/h6-7,9-10,12,15H,2-5,8,11H2,1H3,(H,25,26)(H,20,21,24). The lowest BCUT2D eigenvalue weighted by Crippen LogP contribution is -2.46. The van der Waals surface area contributed by atoms with Crippen LogP contribution in [0.3, 0.4) is 0 Å². The smallest absolute Gasteiger partial charge is 0.337 e. The third kappa shape index (κ3) is 4.45. The SMILES string of the molecule is COC1=CC(=O)N(C(CC2CCCC2)C(=O)Nc2ccc(C(=O)O)cn2)C1. The Bertz CT molecular complexity index is 753. The number of nitrogens with one attached hydrogen (secondary N) is 1. The van der Waals surface area contributed by atoms with E-state index in [1.807, 2.05) is 0 Å². The molecule has 8 nitrogen and oxygen atoms in total. The van der Waals surface area contributed by atoms with Crippen molar-refractivity contribution in [2.75, 3.05) is 19.0 Å². The molecule has 0 bridgehead atoms. The number of carbonyl (C=O) groups excluding carboxylic acids is 2. The van der Waals surface area contributed by atoms with E-state index in [9.17, 15) is 14.4 Å². The van der Waals surface area contributed by atoms with Gasteiger partial charge in [0, 0.05) is 12.3 Å². The van der Waals surface area contributed by atoms with Crippen molar-refractivity contribution in [3.63, 3.8) is 0 Å². The van der Waals surface area contributed by atoms with Crippen LogP contribution >= 0.6 is 0 Å². The molecule has 1 unspecified atom stereocenters. The van der Waals surface area contributed by atoms with Crippen LogP contribution in [0, 0.1) is 5.92 Å². The van der Waals surface area contributed by atoms with E-state index in [1.54, 1.807) is 0 Å². The van der Waals surface area contributed by atoms with Crippen LogP contribution in [-0.2, 0) is 14.3 Å². The largest absolute Gasteiger partial charge is 0.499 e. The summed E-state index contributed by atoms with van der Waals surface area (Å²) in [4.78, 5) is 41.7. The summed E-state index contributed by atoms with van der Waals surface area (Å²) < 4.78 is 5.16. The van der Waals surface area contributed by atoms with Gasteiger partial charge in [0.25, 0.3) is 5.91 Å². The molecule has 0 spiro atoms. The third-order valence-electron chi connectivity index (χ3n) is 5.13. The zero-order chi connectivity index (χ0) is 19.4. The Labute approximate surface area is 157 Å². The van der Waals surface area contributed by atoms with E-state index in [4.69, 9.17) is 9.84 Å². The van der Waals surface area contributed by atoms with Gasteiger partial charge in [-0.1, -0.05) is 25.7 Å². The van der Waals surface area contributed by atoms with Crippen LogP contribution < -0.4 is 5.32 Å². The van der Waals surface area contributed by atoms with Gasteiger partial charge in [-0.25, -0.2) is 9.78 Å². The van der Waals surface area contributed by atoms with Crippen LogP contribution in [-0.4, -0.2) is 52.5 Å². The first-order valence-electron chi connectivity index (χ1n) is 9.03.